The van der Waals surface area contributed by atoms with E-state index in [-0.39, 0.29) is 8.77 Å². The molecule has 0 amide bonds. The van der Waals surface area contributed by atoms with Crippen LogP contribution in [0.2, 0.25) is 0 Å². The van der Waals surface area contributed by atoms with Crippen LogP contribution in [0.3, 0.4) is 0 Å². The van der Waals surface area contributed by atoms with Crippen molar-refractivity contribution in [3.8, 4) is 0 Å². The van der Waals surface area contributed by atoms with E-state index in [0.29, 0.717) is 26.3 Å². The van der Waals surface area contributed by atoms with Crippen LogP contribution in [0.4, 0.5) is 0 Å². The summed E-state index contributed by atoms with van der Waals surface area (Å²) in [4.78, 5) is 0. The molecule has 0 aliphatic heterocycles. The van der Waals surface area contributed by atoms with E-state index >= 15 is 0 Å². The summed E-state index contributed by atoms with van der Waals surface area (Å²) in [5.74, 6) is 0. The van der Waals surface area contributed by atoms with Gasteiger partial charge in [-0.15, -0.1) is 0 Å². The number of hydrogen-bond acceptors (Lipinski definition) is 5. The molecule has 0 aromatic rings. The van der Waals surface area contributed by atoms with Crippen LogP contribution in [-0.4, -0.2) is 35.1 Å². The smallest absolute Gasteiger partial charge is 0.216 e. The minimum atomic E-state index is 0.259. The molecule has 0 heterocycles. The van der Waals surface area contributed by atoms with Crippen molar-refractivity contribution >= 4 is 58.5 Å². The number of hydrogen-bond donors (Lipinski definition) is 3. The Kier molecular flexibility index (Phi) is 9.32. The molecule has 0 radical (unpaired) electrons. The molecule has 0 rings (SSSR count). The molecule has 0 bridgehead atoms. The number of thiol groups is 2. The van der Waals surface area contributed by atoms with E-state index in [1.807, 2.05) is 0 Å². The van der Waals surface area contributed by atoms with Crippen molar-refractivity contribution in [1.29, 1.82) is 0 Å². The molecule has 3 nitrogen and oxygen atoms in total. The summed E-state index contributed by atoms with van der Waals surface area (Å²) in [6, 6.07) is 0. The molecule has 0 aromatic carbocycles. The van der Waals surface area contributed by atoms with Gasteiger partial charge in [0.15, 0.2) is 0 Å². The maximum atomic E-state index is 4.92. The highest BCUT2D eigenvalue weighted by Crippen LogP contribution is 1.86. The van der Waals surface area contributed by atoms with Gasteiger partial charge >= 0.3 is 0 Å². The summed E-state index contributed by atoms with van der Waals surface area (Å²) in [5, 5.41) is 3.06. The number of rotatable bonds is 6. The Morgan fingerprint density at radius 1 is 1.00 bits per heavy atom. The standard InChI is InChI=1S/C6H11NO2S4/c10-5(11)8-3-1-7-2-4-9-6(12)13/h7H,1-4H2,(H,10,11)(H,12,13). The molecule has 7 heteroatoms. The van der Waals surface area contributed by atoms with Crippen molar-refractivity contribution in [3.05, 3.63) is 0 Å². The predicted molar refractivity (Wildman–Crippen MR) is 67.9 cm³/mol. The lowest BCUT2D eigenvalue weighted by Gasteiger charge is -2.05. The second-order valence-corrected chi connectivity index (χ2v) is 4.14. The summed E-state index contributed by atoms with van der Waals surface area (Å²) < 4.78 is 10.4. The Labute approximate surface area is 99.4 Å². The van der Waals surface area contributed by atoms with Crippen LogP contribution in [0, 0.1) is 0 Å². The molecule has 0 aromatic heterocycles. The third-order valence-electron chi connectivity index (χ3n) is 1.01. The molecule has 0 saturated heterocycles. The molecule has 0 atom stereocenters. The molecule has 0 saturated carbocycles. The van der Waals surface area contributed by atoms with Crippen LogP contribution in [-0.2, 0) is 9.47 Å². The van der Waals surface area contributed by atoms with Crippen LogP contribution >= 0.6 is 49.7 Å². The van der Waals surface area contributed by atoms with Gasteiger partial charge in [0, 0.05) is 13.1 Å². The maximum Gasteiger partial charge on any atom is 0.216 e. The Morgan fingerprint density at radius 3 is 1.69 bits per heavy atom. The average Bonchev–Trinajstić information content (AvgIpc) is 2.01. The zero-order valence-corrected chi connectivity index (χ0v) is 10.3. The number of thiocarbonyl (C=S) groups is 2. The highest BCUT2D eigenvalue weighted by molar-refractivity contribution is 8.10. The molecule has 76 valence electrons. The lowest BCUT2D eigenvalue weighted by atomic mass is 10.6. The van der Waals surface area contributed by atoms with Crippen molar-refractivity contribution in [3.63, 3.8) is 0 Å². The highest BCUT2D eigenvalue weighted by Gasteiger charge is 1.91. The fourth-order valence-corrected chi connectivity index (χ4v) is 0.895. The summed E-state index contributed by atoms with van der Waals surface area (Å²) in [7, 11) is 0. The van der Waals surface area contributed by atoms with Crippen molar-refractivity contribution in [2.24, 2.45) is 0 Å². The van der Waals surface area contributed by atoms with Gasteiger partial charge in [-0.05, 0) is 24.4 Å². The molecule has 0 aliphatic rings. The topological polar surface area (TPSA) is 30.5 Å². The fourth-order valence-electron chi connectivity index (χ4n) is 0.546. The van der Waals surface area contributed by atoms with E-state index in [1.54, 1.807) is 0 Å². The van der Waals surface area contributed by atoms with Gasteiger partial charge in [0.05, 0.1) is 0 Å². The van der Waals surface area contributed by atoms with E-state index in [9.17, 15) is 0 Å². The molecule has 0 unspecified atom stereocenters. The fraction of sp³-hybridized carbons (Fsp3) is 0.667. The zero-order chi connectivity index (χ0) is 10.1. The molecular weight excluding hydrogens is 246 g/mol. The van der Waals surface area contributed by atoms with Crippen LogP contribution in [0.25, 0.3) is 0 Å². The van der Waals surface area contributed by atoms with Crippen LogP contribution in [0.5, 0.6) is 0 Å². The lowest BCUT2D eigenvalue weighted by Crippen LogP contribution is -2.24. The highest BCUT2D eigenvalue weighted by atomic mass is 32.1. The SMILES string of the molecule is S=C(S)OCCNCCOC(=S)S. The lowest BCUT2D eigenvalue weighted by molar-refractivity contribution is 0.292. The van der Waals surface area contributed by atoms with Gasteiger partial charge < -0.3 is 14.8 Å². The first kappa shape index (κ1) is 13.4. The van der Waals surface area contributed by atoms with Gasteiger partial charge in [-0.25, -0.2) is 0 Å². The van der Waals surface area contributed by atoms with Crippen molar-refractivity contribution in [2.45, 2.75) is 0 Å². The molecule has 0 fully saturated rings. The van der Waals surface area contributed by atoms with E-state index in [4.69, 9.17) is 9.47 Å². The Balaban J connectivity index is 3.00. The van der Waals surface area contributed by atoms with Gasteiger partial charge in [0.1, 0.15) is 13.2 Å². The van der Waals surface area contributed by atoms with Gasteiger partial charge in [0.2, 0.25) is 8.77 Å². The van der Waals surface area contributed by atoms with Crippen LogP contribution in [0.15, 0.2) is 0 Å². The molecule has 1 N–H and O–H groups in total. The minimum Gasteiger partial charge on any atom is -0.477 e. The quantitative estimate of drug-likeness (QED) is 0.376. The number of ether oxygens (including phenoxy) is 2. The molecular formula is C6H11NO2S4. The summed E-state index contributed by atoms with van der Waals surface area (Å²) in [6.45, 7) is 2.41. The second kappa shape index (κ2) is 9.01. The van der Waals surface area contributed by atoms with Gasteiger partial charge in [-0.1, -0.05) is 25.3 Å². The Bertz CT molecular complexity index is 158. The first-order chi connectivity index (χ1) is 6.13. The van der Waals surface area contributed by atoms with E-state index in [1.165, 1.54) is 0 Å². The Hall–Kier alpha value is 0.440. The predicted octanol–water partition coefficient (Wildman–Crippen LogP) is 1.04. The van der Waals surface area contributed by atoms with Gasteiger partial charge in [-0.3, -0.25) is 0 Å². The normalized spacial score (nSPS) is 9.38. The molecule has 0 spiro atoms. The first-order valence-corrected chi connectivity index (χ1v) is 5.26. The molecule has 0 aliphatic carbocycles. The van der Waals surface area contributed by atoms with E-state index < -0.39 is 0 Å². The zero-order valence-electron chi connectivity index (χ0n) is 6.86. The van der Waals surface area contributed by atoms with Crippen LogP contribution < -0.4 is 5.32 Å². The van der Waals surface area contributed by atoms with Gasteiger partial charge in [0.25, 0.3) is 0 Å². The first-order valence-electron chi connectivity index (χ1n) is 3.55. The minimum absolute atomic E-state index is 0.259. The maximum absolute atomic E-state index is 4.92. The largest absolute Gasteiger partial charge is 0.477 e. The van der Waals surface area contributed by atoms with Crippen molar-refractivity contribution in [1.82, 2.24) is 5.32 Å². The number of nitrogens with one attached hydrogen (secondary N) is 1. The average molecular weight is 257 g/mol. The van der Waals surface area contributed by atoms with Crippen LogP contribution in [0.1, 0.15) is 0 Å². The summed E-state index contributed by atoms with van der Waals surface area (Å²) in [5.41, 5.74) is 0. The third-order valence-corrected chi connectivity index (χ3v) is 1.50. The Morgan fingerprint density at radius 2 is 1.38 bits per heavy atom. The van der Waals surface area contributed by atoms with E-state index in [2.05, 4.69) is 55.0 Å². The summed E-state index contributed by atoms with van der Waals surface area (Å²) in [6.07, 6.45) is 0. The second-order valence-electron chi connectivity index (χ2n) is 1.98. The van der Waals surface area contributed by atoms with E-state index in [0.717, 1.165) is 0 Å². The van der Waals surface area contributed by atoms with Crippen molar-refractivity contribution < 1.29 is 9.47 Å². The monoisotopic (exact) mass is 257 g/mol. The third kappa shape index (κ3) is 12.4. The summed E-state index contributed by atoms with van der Waals surface area (Å²) >= 11 is 16.8. The van der Waals surface area contributed by atoms with Crippen molar-refractivity contribution in [2.75, 3.05) is 26.3 Å². The molecule has 13 heavy (non-hydrogen) atoms. The van der Waals surface area contributed by atoms with Gasteiger partial charge in [-0.2, -0.15) is 0 Å².